The number of hydrogen-bond donors (Lipinski definition) is 1. The van der Waals surface area contributed by atoms with Crippen LogP contribution in [0, 0.1) is 6.92 Å². The maximum Gasteiger partial charge on any atom is 0.181 e. The van der Waals surface area contributed by atoms with E-state index < -0.39 is 9.84 Å². The molecule has 1 unspecified atom stereocenters. The van der Waals surface area contributed by atoms with Crippen molar-refractivity contribution in [3.05, 3.63) is 23.8 Å². The smallest absolute Gasteiger partial charge is 0.181 e. The Bertz CT molecular complexity index is 572. The molecule has 20 heavy (non-hydrogen) atoms. The highest BCUT2D eigenvalue weighted by molar-refractivity contribution is 7.91. The lowest BCUT2D eigenvalue weighted by Gasteiger charge is -2.31. The van der Waals surface area contributed by atoms with Gasteiger partial charge < -0.3 is 10.5 Å². The predicted octanol–water partition coefficient (Wildman–Crippen LogP) is 1.07. The standard InChI is InChI=1S/C14H22N2O3S/c1-3-16-7-8-19-12(9-16)10-20(17,18)14-6-4-5-13(15)11(14)2/h4-6,12H,3,7-10,15H2,1-2H3. The van der Waals surface area contributed by atoms with E-state index >= 15 is 0 Å². The number of rotatable bonds is 4. The van der Waals surface area contributed by atoms with E-state index in [4.69, 9.17) is 10.5 Å². The van der Waals surface area contributed by atoms with Gasteiger partial charge in [-0.05, 0) is 31.2 Å². The Kier molecular flexibility index (Phi) is 4.67. The summed E-state index contributed by atoms with van der Waals surface area (Å²) in [5, 5.41) is 0. The number of nitrogens with two attached hydrogens (primary N) is 1. The van der Waals surface area contributed by atoms with Crippen molar-refractivity contribution in [2.75, 3.05) is 37.7 Å². The molecule has 0 bridgehead atoms. The van der Waals surface area contributed by atoms with Gasteiger partial charge in [0.25, 0.3) is 0 Å². The third-order valence-electron chi connectivity index (χ3n) is 3.74. The number of hydrogen-bond acceptors (Lipinski definition) is 5. The van der Waals surface area contributed by atoms with Crippen LogP contribution in [-0.2, 0) is 14.6 Å². The molecule has 1 heterocycles. The van der Waals surface area contributed by atoms with Crippen LogP contribution in [0.3, 0.4) is 0 Å². The molecule has 2 N–H and O–H groups in total. The molecule has 1 fully saturated rings. The molecule has 0 radical (unpaired) electrons. The average molecular weight is 298 g/mol. The molecular weight excluding hydrogens is 276 g/mol. The van der Waals surface area contributed by atoms with E-state index in [1.807, 2.05) is 0 Å². The van der Waals surface area contributed by atoms with Gasteiger partial charge >= 0.3 is 0 Å². The third-order valence-corrected chi connectivity index (χ3v) is 5.66. The summed E-state index contributed by atoms with van der Waals surface area (Å²) in [6.45, 7) is 6.84. The van der Waals surface area contributed by atoms with Gasteiger partial charge in [0, 0.05) is 18.8 Å². The number of nitrogen functional groups attached to an aromatic ring is 1. The van der Waals surface area contributed by atoms with Gasteiger partial charge in [0.2, 0.25) is 0 Å². The lowest BCUT2D eigenvalue weighted by atomic mass is 10.2. The molecule has 1 aliphatic heterocycles. The van der Waals surface area contributed by atoms with Gasteiger partial charge in [-0.2, -0.15) is 0 Å². The van der Waals surface area contributed by atoms with Crippen molar-refractivity contribution in [2.24, 2.45) is 0 Å². The van der Waals surface area contributed by atoms with E-state index in [1.165, 1.54) is 0 Å². The largest absolute Gasteiger partial charge is 0.398 e. The summed E-state index contributed by atoms with van der Waals surface area (Å²) in [5.74, 6) is 0.00773. The molecular formula is C14H22N2O3S. The van der Waals surface area contributed by atoms with E-state index in [1.54, 1.807) is 25.1 Å². The Morgan fingerprint density at radius 3 is 2.90 bits per heavy atom. The normalized spacial score (nSPS) is 21.0. The molecule has 1 aliphatic rings. The van der Waals surface area contributed by atoms with Gasteiger partial charge in [-0.25, -0.2) is 8.42 Å². The summed E-state index contributed by atoms with van der Waals surface area (Å²) < 4.78 is 30.6. The van der Waals surface area contributed by atoms with Crippen LogP contribution in [0.5, 0.6) is 0 Å². The van der Waals surface area contributed by atoms with Crippen LogP contribution >= 0.6 is 0 Å². The minimum Gasteiger partial charge on any atom is -0.398 e. The lowest BCUT2D eigenvalue weighted by molar-refractivity contribution is -0.0145. The molecule has 0 aliphatic carbocycles. The third kappa shape index (κ3) is 3.31. The summed E-state index contributed by atoms with van der Waals surface area (Å²) >= 11 is 0. The van der Waals surface area contributed by atoms with E-state index in [0.29, 0.717) is 29.3 Å². The van der Waals surface area contributed by atoms with E-state index in [2.05, 4.69) is 11.8 Å². The highest BCUT2D eigenvalue weighted by Gasteiger charge is 2.27. The second kappa shape index (κ2) is 6.11. The maximum absolute atomic E-state index is 12.5. The van der Waals surface area contributed by atoms with Crippen LogP contribution in [0.2, 0.25) is 0 Å². The Morgan fingerprint density at radius 1 is 1.45 bits per heavy atom. The molecule has 1 aromatic rings. The number of anilines is 1. The molecule has 1 aromatic carbocycles. The summed E-state index contributed by atoms with van der Waals surface area (Å²) in [6, 6.07) is 5.00. The molecule has 0 aromatic heterocycles. The van der Waals surface area contributed by atoms with Gasteiger partial charge in [-0.15, -0.1) is 0 Å². The van der Waals surface area contributed by atoms with Crippen molar-refractivity contribution in [1.29, 1.82) is 0 Å². The second-order valence-corrected chi connectivity index (χ2v) is 7.14. The van der Waals surface area contributed by atoms with E-state index in [0.717, 1.165) is 13.1 Å². The zero-order valence-electron chi connectivity index (χ0n) is 12.0. The van der Waals surface area contributed by atoms with Gasteiger partial charge in [0.05, 0.1) is 23.4 Å². The highest BCUT2D eigenvalue weighted by atomic mass is 32.2. The zero-order valence-corrected chi connectivity index (χ0v) is 12.8. The lowest BCUT2D eigenvalue weighted by Crippen LogP contribution is -2.45. The van der Waals surface area contributed by atoms with Crippen molar-refractivity contribution in [3.8, 4) is 0 Å². The number of morpholine rings is 1. The molecule has 1 atom stereocenters. The molecule has 5 nitrogen and oxygen atoms in total. The average Bonchev–Trinajstić information content (AvgIpc) is 2.41. The van der Waals surface area contributed by atoms with Crippen molar-refractivity contribution in [1.82, 2.24) is 4.90 Å². The minimum absolute atomic E-state index is 0.00773. The van der Waals surface area contributed by atoms with Gasteiger partial charge in [-0.1, -0.05) is 13.0 Å². The Morgan fingerprint density at radius 2 is 2.20 bits per heavy atom. The summed E-state index contributed by atoms with van der Waals surface area (Å²) in [5.41, 5.74) is 6.92. The van der Waals surface area contributed by atoms with Gasteiger partial charge in [-0.3, -0.25) is 4.90 Å². The summed E-state index contributed by atoms with van der Waals surface area (Å²) in [7, 11) is -3.38. The number of nitrogens with zero attached hydrogens (tertiary/aromatic N) is 1. The molecule has 112 valence electrons. The number of likely N-dealkylation sites (N-methyl/N-ethyl adjacent to an activating group) is 1. The quantitative estimate of drug-likeness (QED) is 0.842. The van der Waals surface area contributed by atoms with Crippen LogP contribution < -0.4 is 5.73 Å². The van der Waals surface area contributed by atoms with Crippen molar-refractivity contribution in [2.45, 2.75) is 24.8 Å². The van der Waals surface area contributed by atoms with Crippen molar-refractivity contribution < 1.29 is 13.2 Å². The second-order valence-electron chi connectivity index (χ2n) is 5.14. The van der Waals surface area contributed by atoms with E-state index in [-0.39, 0.29) is 11.9 Å². The Hall–Kier alpha value is -1.11. The number of benzene rings is 1. The molecule has 0 spiro atoms. The fourth-order valence-electron chi connectivity index (χ4n) is 2.47. The Balaban J connectivity index is 2.17. The van der Waals surface area contributed by atoms with Crippen LogP contribution in [0.15, 0.2) is 23.1 Å². The van der Waals surface area contributed by atoms with Crippen LogP contribution in [0.4, 0.5) is 5.69 Å². The van der Waals surface area contributed by atoms with Crippen LogP contribution in [0.25, 0.3) is 0 Å². The SMILES string of the molecule is CCN1CCOC(CS(=O)(=O)c2cccc(N)c2C)C1. The van der Waals surface area contributed by atoms with Crippen LogP contribution in [0.1, 0.15) is 12.5 Å². The fourth-order valence-corrected chi connectivity index (χ4v) is 4.21. The number of sulfone groups is 1. The number of ether oxygens (including phenoxy) is 1. The summed E-state index contributed by atoms with van der Waals surface area (Å²) in [6.07, 6.45) is -0.269. The molecule has 0 amide bonds. The summed E-state index contributed by atoms with van der Waals surface area (Å²) in [4.78, 5) is 2.52. The predicted molar refractivity (Wildman–Crippen MR) is 79.5 cm³/mol. The topological polar surface area (TPSA) is 72.6 Å². The fraction of sp³-hybridized carbons (Fsp3) is 0.571. The van der Waals surface area contributed by atoms with Gasteiger partial charge in [0.1, 0.15) is 0 Å². The minimum atomic E-state index is -3.38. The highest BCUT2D eigenvalue weighted by Crippen LogP contribution is 2.23. The Labute approximate surface area is 120 Å². The van der Waals surface area contributed by atoms with E-state index in [9.17, 15) is 8.42 Å². The van der Waals surface area contributed by atoms with Crippen molar-refractivity contribution >= 4 is 15.5 Å². The zero-order chi connectivity index (χ0) is 14.8. The molecule has 1 saturated heterocycles. The molecule has 0 saturated carbocycles. The monoisotopic (exact) mass is 298 g/mol. The van der Waals surface area contributed by atoms with Gasteiger partial charge in [0.15, 0.2) is 9.84 Å². The molecule has 2 rings (SSSR count). The van der Waals surface area contributed by atoms with Crippen molar-refractivity contribution in [3.63, 3.8) is 0 Å². The maximum atomic E-state index is 12.5. The first-order chi connectivity index (χ1) is 9.44. The first-order valence-electron chi connectivity index (χ1n) is 6.86. The first kappa shape index (κ1) is 15.3. The molecule has 6 heteroatoms. The van der Waals surface area contributed by atoms with Crippen LogP contribution in [-0.4, -0.2) is 51.4 Å². The first-order valence-corrected chi connectivity index (χ1v) is 8.51.